The van der Waals surface area contributed by atoms with Crippen LogP contribution in [0.25, 0.3) is 0 Å². The minimum absolute atomic E-state index is 0.0888. The molecule has 0 saturated carbocycles. The molecule has 0 saturated heterocycles. The molecule has 1 aliphatic heterocycles. The third-order valence-electron chi connectivity index (χ3n) is 3.65. The van der Waals surface area contributed by atoms with Crippen LogP contribution in [0.2, 0.25) is 0 Å². The highest BCUT2D eigenvalue weighted by atomic mass is 32.2. The molecule has 0 spiro atoms. The number of hydrogen-bond acceptors (Lipinski definition) is 5. The summed E-state index contributed by atoms with van der Waals surface area (Å²) in [6, 6.07) is 11.4. The summed E-state index contributed by atoms with van der Waals surface area (Å²) in [7, 11) is -3.67. The van der Waals surface area contributed by atoms with Gasteiger partial charge in [-0.05, 0) is 25.1 Å². The van der Waals surface area contributed by atoms with E-state index in [1.807, 2.05) is 0 Å². The molecule has 3 rings (SSSR count). The average molecular weight is 362 g/mol. The van der Waals surface area contributed by atoms with Gasteiger partial charge in [0, 0.05) is 11.1 Å². The van der Waals surface area contributed by atoms with E-state index >= 15 is 0 Å². The largest absolute Gasteiger partial charge is 0.459 e. The first kappa shape index (κ1) is 17.1. The maximum atomic E-state index is 13.5. The Morgan fingerprint density at radius 2 is 1.88 bits per heavy atom. The van der Waals surface area contributed by atoms with E-state index in [1.54, 1.807) is 30.3 Å². The van der Waals surface area contributed by atoms with Crippen LogP contribution in [-0.4, -0.2) is 26.3 Å². The molecule has 6 nitrogen and oxygen atoms in total. The number of nitrogens with zero attached hydrogens (tertiary/aromatic N) is 1. The van der Waals surface area contributed by atoms with Gasteiger partial charge in [0.1, 0.15) is 24.3 Å². The van der Waals surface area contributed by atoms with Gasteiger partial charge in [-0.3, -0.25) is 9.71 Å². The van der Waals surface area contributed by atoms with Crippen molar-refractivity contribution < 1.29 is 22.3 Å². The fourth-order valence-electron chi connectivity index (χ4n) is 2.36. The van der Waals surface area contributed by atoms with Gasteiger partial charge >= 0.3 is 5.97 Å². The van der Waals surface area contributed by atoms with Crippen LogP contribution in [0, 0.1) is 5.82 Å². The second-order valence-electron chi connectivity index (χ2n) is 5.45. The first-order valence-corrected chi connectivity index (χ1v) is 8.97. The molecule has 0 fully saturated rings. The molecule has 1 aliphatic rings. The number of carbonyl (C=O) groups excluding carboxylic acids is 1. The molecule has 0 radical (unpaired) electrons. The zero-order valence-corrected chi connectivity index (χ0v) is 14.1. The third kappa shape index (κ3) is 3.53. The number of hydrogen-bond donors (Lipinski definition) is 1. The van der Waals surface area contributed by atoms with Crippen molar-refractivity contribution in [3.8, 4) is 0 Å². The first-order chi connectivity index (χ1) is 11.9. The van der Waals surface area contributed by atoms with Crippen LogP contribution in [0.1, 0.15) is 18.1 Å². The van der Waals surface area contributed by atoms with Crippen molar-refractivity contribution in [1.29, 1.82) is 0 Å². The van der Waals surface area contributed by atoms with E-state index in [0.29, 0.717) is 5.56 Å². The minimum Gasteiger partial charge on any atom is -0.459 e. The van der Waals surface area contributed by atoms with Crippen molar-refractivity contribution >= 4 is 21.8 Å². The van der Waals surface area contributed by atoms with Gasteiger partial charge in [-0.2, -0.15) is 0 Å². The SMILES string of the molecule is C[C@H](N=C1NS(=O)(=O)c2ccccc21)C(=O)OCc1ccccc1F. The summed E-state index contributed by atoms with van der Waals surface area (Å²) >= 11 is 0. The number of aliphatic imine (C=N–C) groups is 1. The van der Waals surface area contributed by atoms with Crippen molar-refractivity contribution in [1.82, 2.24) is 4.72 Å². The highest BCUT2D eigenvalue weighted by Crippen LogP contribution is 2.22. The second kappa shape index (κ2) is 6.64. The molecule has 1 N–H and O–H groups in total. The highest BCUT2D eigenvalue weighted by molar-refractivity contribution is 7.90. The number of benzene rings is 2. The van der Waals surface area contributed by atoms with Crippen molar-refractivity contribution in [3.63, 3.8) is 0 Å². The van der Waals surface area contributed by atoms with E-state index < -0.39 is 27.9 Å². The summed E-state index contributed by atoms with van der Waals surface area (Å²) in [5.41, 5.74) is 0.652. The number of nitrogens with one attached hydrogen (secondary N) is 1. The van der Waals surface area contributed by atoms with Crippen LogP contribution in [0.5, 0.6) is 0 Å². The lowest BCUT2D eigenvalue weighted by molar-refractivity contribution is -0.146. The molecule has 1 heterocycles. The number of rotatable bonds is 4. The van der Waals surface area contributed by atoms with Gasteiger partial charge in [0.2, 0.25) is 0 Å². The van der Waals surface area contributed by atoms with Gasteiger partial charge in [0.05, 0.1) is 4.90 Å². The maximum absolute atomic E-state index is 13.5. The zero-order chi connectivity index (χ0) is 18.0. The van der Waals surface area contributed by atoms with Crippen LogP contribution in [0.3, 0.4) is 0 Å². The number of halogens is 1. The van der Waals surface area contributed by atoms with E-state index in [2.05, 4.69) is 9.71 Å². The Bertz CT molecular complexity index is 957. The van der Waals surface area contributed by atoms with Crippen LogP contribution < -0.4 is 4.72 Å². The Morgan fingerprint density at radius 3 is 2.64 bits per heavy atom. The third-order valence-corrected chi connectivity index (χ3v) is 5.05. The Kier molecular flexibility index (Phi) is 4.54. The number of carbonyl (C=O) groups is 1. The predicted octanol–water partition coefficient (Wildman–Crippen LogP) is 2.00. The smallest absolute Gasteiger partial charge is 0.330 e. The lowest BCUT2D eigenvalue weighted by Gasteiger charge is -2.09. The molecule has 0 unspecified atom stereocenters. The molecule has 130 valence electrons. The number of ether oxygens (including phenoxy) is 1. The minimum atomic E-state index is -3.67. The molecule has 1 atom stereocenters. The van der Waals surface area contributed by atoms with Crippen molar-refractivity contribution in [2.24, 2.45) is 4.99 Å². The summed E-state index contributed by atoms with van der Waals surface area (Å²) in [5.74, 6) is -1.06. The topological polar surface area (TPSA) is 84.8 Å². The summed E-state index contributed by atoms with van der Waals surface area (Å²) in [5, 5.41) is 0. The Morgan fingerprint density at radius 1 is 1.20 bits per heavy atom. The average Bonchev–Trinajstić information content (AvgIpc) is 2.85. The van der Waals surface area contributed by atoms with Gasteiger partial charge in [0.15, 0.2) is 0 Å². The molecule has 8 heteroatoms. The zero-order valence-electron chi connectivity index (χ0n) is 13.3. The van der Waals surface area contributed by atoms with E-state index in [-0.39, 0.29) is 22.9 Å². The molecule has 0 aliphatic carbocycles. The molecule has 2 aromatic carbocycles. The molecular formula is C17H15FN2O4S. The van der Waals surface area contributed by atoms with E-state index in [1.165, 1.54) is 25.1 Å². The number of amidine groups is 1. The van der Waals surface area contributed by atoms with E-state index in [4.69, 9.17) is 4.74 Å². The first-order valence-electron chi connectivity index (χ1n) is 7.48. The fraction of sp³-hybridized carbons (Fsp3) is 0.176. The van der Waals surface area contributed by atoms with Gasteiger partial charge in [-0.1, -0.05) is 30.3 Å². The lowest BCUT2D eigenvalue weighted by Crippen LogP contribution is -2.26. The van der Waals surface area contributed by atoms with Crippen LogP contribution in [0.4, 0.5) is 4.39 Å². The van der Waals surface area contributed by atoms with Crippen molar-refractivity contribution in [3.05, 3.63) is 65.5 Å². The maximum Gasteiger partial charge on any atom is 0.330 e. The van der Waals surface area contributed by atoms with Gasteiger partial charge in [0.25, 0.3) is 10.0 Å². The van der Waals surface area contributed by atoms with Crippen LogP contribution >= 0.6 is 0 Å². The van der Waals surface area contributed by atoms with Crippen molar-refractivity contribution in [2.45, 2.75) is 24.5 Å². The predicted molar refractivity (Wildman–Crippen MR) is 89.0 cm³/mol. The van der Waals surface area contributed by atoms with Crippen LogP contribution in [-0.2, 0) is 26.2 Å². The summed E-state index contributed by atoms with van der Waals surface area (Å²) < 4.78 is 44.9. The molecule has 0 amide bonds. The Hall–Kier alpha value is -2.74. The molecule has 2 aromatic rings. The quantitative estimate of drug-likeness (QED) is 0.843. The molecular weight excluding hydrogens is 347 g/mol. The molecule has 0 bridgehead atoms. The van der Waals surface area contributed by atoms with Crippen LogP contribution in [0.15, 0.2) is 58.4 Å². The Balaban J connectivity index is 1.74. The lowest BCUT2D eigenvalue weighted by atomic mass is 10.2. The number of fused-ring (bicyclic) bond motifs is 1. The number of esters is 1. The normalized spacial score (nSPS) is 17.6. The fourth-order valence-corrected chi connectivity index (χ4v) is 3.60. The second-order valence-corrected chi connectivity index (χ2v) is 7.11. The van der Waals surface area contributed by atoms with Gasteiger partial charge in [-0.15, -0.1) is 0 Å². The highest BCUT2D eigenvalue weighted by Gasteiger charge is 2.31. The Labute approximate surface area is 144 Å². The van der Waals surface area contributed by atoms with Crippen molar-refractivity contribution in [2.75, 3.05) is 0 Å². The monoisotopic (exact) mass is 362 g/mol. The van der Waals surface area contributed by atoms with Gasteiger partial charge in [-0.25, -0.2) is 17.6 Å². The summed E-state index contributed by atoms with van der Waals surface area (Å²) in [6.45, 7) is 1.26. The van der Waals surface area contributed by atoms with E-state index in [0.717, 1.165) is 0 Å². The van der Waals surface area contributed by atoms with E-state index in [9.17, 15) is 17.6 Å². The van der Waals surface area contributed by atoms with Gasteiger partial charge < -0.3 is 4.74 Å². The summed E-state index contributed by atoms with van der Waals surface area (Å²) in [4.78, 5) is 16.3. The molecule has 25 heavy (non-hydrogen) atoms. The summed E-state index contributed by atoms with van der Waals surface area (Å²) in [6.07, 6.45) is 0. The molecule has 0 aromatic heterocycles. The standard InChI is InChI=1S/C17H15FN2O4S/c1-11(17(21)24-10-12-6-2-4-8-14(12)18)19-16-13-7-3-5-9-15(13)25(22,23)20-16/h2-9,11H,10H2,1H3,(H,19,20)/t11-/m0/s1. The number of sulfonamides is 1.